The van der Waals surface area contributed by atoms with E-state index in [4.69, 9.17) is 5.11 Å². The van der Waals surface area contributed by atoms with E-state index in [1.165, 1.54) is 12.1 Å². The van der Waals surface area contributed by atoms with Crippen molar-refractivity contribution < 1.29 is 14.3 Å². The van der Waals surface area contributed by atoms with Crippen molar-refractivity contribution in [3.8, 4) is 0 Å². The Kier molecular flexibility index (Phi) is 5.28. The Labute approximate surface area is 107 Å². The number of carbonyl (C=O) groups is 1. The number of benzene rings is 1. The molecule has 1 aromatic rings. The summed E-state index contributed by atoms with van der Waals surface area (Å²) in [5, 5.41) is 12.1. The summed E-state index contributed by atoms with van der Waals surface area (Å²) in [5.41, 5.74) is 0.478. The first-order valence-electron chi connectivity index (χ1n) is 6.20. The van der Waals surface area contributed by atoms with Gasteiger partial charge in [-0.15, -0.1) is 0 Å². The predicted molar refractivity (Wildman–Crippen MR) is 69.1 cm³/mol. The van der Waals surface area contributed by atoms with E-state index in [1.807, 2.05) is 0 Å². The van der Waals surface area contributed by atoms with Crippen molar-refractivity contribution in [3.63, 3.8) is 0 Å². The van der Waals surface area contributed by atoms with Crippen LogP contribution in [0.2, 0.25) is 0 Å². The topological polar surface area (TPSA) is 49.3 Å². The zero-order chi connectivity index (χ0) is 13.7. The fraction of sp³-hybridized carbons (Fsp3) is 0.500. The summed E-state index contributed by atoms with van der Waals surface area (Å²) in [7, 11) is 0. The van der Waals surface area contributed by atoms with Gasteiger partial charge in [-0.3, -0.25) is 0 Å². The fourth-order valence-corrected chi connectivity index (χ4v) is 1.94. The molecule has 0 aromatic heterocycles. The third-order valence-electron chi connectivity index (χ3n) is 3.08. The zero-order valence-electron chi connectivity index (χ0n) is 11.0. The van der Waals surface area contributed by atoms with Crippen LogP contribution in [0.3, 0.4) is 0 Å². The summed E-state index contributed by atoms with van der Waals surface area (Å²) in [6.07, 6.45) is 1.01. The fourth-order valence-electron chi connectivity index (χ4n) is 1.94. The van der Waals surface area contributed by atoms with Crippen molar-refractivity contribution in [2.45, 2.75) is 39.8 Å². The van der Waals surface area contributed by atoms with Crippen LogP contribution in [-0.2, 0) is 6.54 Å². The highest BCUT2D eigenvalue weighted by atomic mass is 19.1. The highest BCUT2D eigenvalue weighted by molar-refractivity contribution is 5.87. The van der Waals surface area contributed by atoms with Crippen molar-refractivity contribution in [1.82, 2.24) is 5.32 Å². The number of aromatic carboxylic acids is 1. The van der Waals surface area contributed by atoms with Crippen molar-refractivity contribution in [2.75, 3.05) is 0 Å². The summed E-state index contributed by atoms with van der Waals surface area (Å²) in [5.74, 6) is -1.40. The number of rotatable bonds is 6. The van der Waals surface area contributed by atoms with Crippen LogP contribution in [0.25, 0.3) is 0 Å². The molecule has 0 aliphatic heterocycles. The van der Waals surface area contributed by atoms with Crippen LogP contribution in [-0.4, -0.2) is 17.1 Å². The SMILES string of the molecule is CCC(NCc1ccc(C(=O)O)c(F)c1)C(C)C. The van der Waals surface area contributed by atoms with E-state index in [0.717, 1.165) is 12.0 Å². The first-order valence-corrected chi connectivity index (χ1v) is 6.20. The Morgan fingerprint density at radius 3 is 2.56 bits per heavy atom. The van der Waals surface area contributed by atoms with Crippen LogP contribution in [0, 0.1) is 11.7 Å². The van der Waals surface area contributed by atoms with E-state index in [1.54, 1.807) is 6.07 Å². The summed E-state index contributed by atoms with van der Waals surface area (Å²) in [6.45, 7) is 6.92. The maximum absolute atomic E-state index is 13.5. The summed E-state index contributed by atoms with van der Waals surface area (Å²) < 4.78 is 13.5. The van der Waals surface area contributed by atoms with E-state index in [0.29, 0.717) is 18.5 Å². The van der Waals surface area contributed by atoms with Gasteiger partial charge in [0.15, 0.2) is 0 Å². The van der Waals surface area contributed by atoms with E-state index < -0.39 is 11.8 Å². The molecule has 1 aromatic carbocycles. The van der Waals surface area contributed by atoms with E-state index in [-0.39, 0.29) is 5.56 Å². The van der Waals surface area contributed by atoms with Gasteiger partial charge in [0.05, 0.1) is 5.56 Å². The second-order valence-electron chi connectivity index (χ2n) is 4.76. The number of halogens is 1. The lowest BCUT2D eigenvalue weighted by Crippen LogP contribution is -2.32. The summed E-state index contributed by atoms with van der Waals surface area (Å²) in [4.78, 5) is 10.7. The second kappa shape index (κ2) is 6.50. The zero-order valence-corrected chi connectivity index (χ0v) is 11.0. The lowest BCUT2D eigenvalue weighted by atomic mass is 10.0. The molecular weight excluding hydrogens is 233 g/mol. The molecular formula is C14H20FNO2. The van der Waals surface area contributed by atoms with Gasteiger partial charge in [0.1, 0.15) is 5.82 Å². The van der Waals surface area contributed by atoms with Gasteiger partial charge < -0.3 is 10.4 Å². The van der Waals surface area contributed by atoms with Gasteiger partial charge in [-0.1, -0.05) is 26.8 Å². The average Bonchev–Trinajstić information content (AvgIpc) is 2.28. The number of hydrogen-bond acceptors (Lipinski definition) is 2. The Balaban J connectivity index is 2.69. The third kappa shape index (κ3) is 3.81. The quantitative estimate of drug-likeness (QED) is 0.819. The first kappa shape index (κ1) is 14.6. The molecule has 18 heavy (non-hydrogen) atoms. The van der Waals surface area contributed by atoms with E-state index in [9.17, 15) is 9.18 Å². The number of nitrogens with one attached hydrogen (secondary N) is 1. The molecule has 1 rings (SSSR count). The predicted octanol–water partition coefficient (Wildman–Crippen LogP) is 3.05. The highest BCUT2D eigenvalue weighted by Crippen LogP contribution is 2.12. The van der Waals surface area contributed by atoms with Crippen molar-refractivity contribution in [3.05, 3.63) is 35.1 Å². The van der Waals surface area contributed by atoms with Gasteiger partial charge >= 0.3 is 5.97 Å². The van der Waals surface area contributed by atoms with Gasteiger partial charge in [0.2, 0.25) is 0 Å². The molecule has 0 radical (unpaired) electrons. The minimum atomic E-state index is -1.24. The average molecular weight is 253 g/mol. The van der Waals surface area contributed by atoms with Crippen LogP contribution in [0.1, 0.15) is 43.1 Å². The van der Waals surface area contributed by atoms with Gasteiger partial charge in [-0.25, -0.2) is 9.18 Å². The first-order chi connectivity index (χ1) is 8.45. The van der Waals surface area contributed by atoms with E-state index in [2.05, 4.69) is 26.1 Å². The molecule has 0 saturated heterocycles. The van der Waals surface area contributed by atoms with Gasteiger partial charge in [0.25, 0.3) is 0 Å². The van der Waals surface area contributed by atoms with Gasteiger partial charge in [-0.2, -0.15) is 0 Å². The van der Waals surface area contributed by atoms with E-state index >= 15 is 0 Å². The molecule has 1 atom stereocenters. The maximum Gasteiger partial charge on any atom is 0.338 e. The molecule has 0 fully saturated rings. The maximum atomic E-state index is 13.5. The van der Waals surface area contributed by atoms with Gasteiger partial charge in [-0.05, 0) is 30.0 Å². The lowest BCUT2D eigenvalue weighted by molar-refractivity contribution is 0.0692. The molecule has 0 heterocycles. The molecule has 1 unspecified atom stereocenters. The summed E-state index contributed by atoms with van der Waals surface area (Å²) in [6, 6.07) is 4.62. The van der Waals surface area contributed by atoms with Crippen LogP contribution in [0.15, 0.2) is 18.2 Å². The minimum absolute atomic E-state index is 0.283. The molecule has 0 aliphatic rings. The largest absolute Gasteiger partial charge is 0.478 e. The standard InChI is InChI=1S/C14H20FNO2/c1-4-13(9(2)3)16-8-10-5-6-11(14(17)18)12(15)7-10/h5-7,9,13,16H,4,8H2,1-3H3,(H,17,18). The molecule has 2 N–H and O–H groups in total. The highest BCUT2D eigenvalue weighted by Gasteiger charge is 2.12. The molecule has 0 bridgehead atoms. The van der Waals surface area contributed by atoms with Crippen LogP contribution in [0.4, 0.5) is 4.39 Å². The van der Waals surface area contributed by atoms with Crippen molar-refractivity contribution >= 4 is 5.97 Å². The summed E-state index contributed by atoms with van der Waals surface area (Å²) >= 11 is 0. The number of carboxylic acids is 1. The second-order valence-corrected chi connectivity index (χ2v) is 4.76. The number of carboxylic acid groups (broad SMARTS) is 1. The minimum Gasteiger partial charge on any atom is -0.478 e. The molecule has 3 nitrogen and oxygen atoms in total. The smallest absolute Gasteiger partial charge is 0.338 e. The Bertz CT molecular complexity index is 418. The van der Waals surface area contributed by atoms with Crippen molar-refractivity contribution in [2.24, 2.45) is 5.92 Å². The Hall–Kier alpha value is -1.42. The molecule has 0 aliphatic carbocycles. The molecule has 0 saturated carbocycles. The molecule has 100 valence electrons. The lowest BCUT2D eigenvalue weighted by Gasteiger charge is -2.20. The Morgan fingerprint density at radius 1 is 1.44 bits per heavy atom. The normalized spacial score (nSPS) is 12.7. The molecule has 0 spiro atoms. The van der Waals surface area contributed by atoms with Crippen LogP contribution >= 0.6 is 0 Å². The van der Waals surface area contributed by atoms with Gasteiger partial charge in [0, 0.05) is 12.6 Å². The van der Waals surface area contributed by atoms with Crippen LogP contribution in [0.5, 0.6) is 0 Å². The van der Waals surface area contributed by atoms with Crippen molar-refractivity contribution in [1.29, 1.82) is 0 Å². The Morgan fingerprint density at radius 2 is 2.11 bits per heavy atom. The monoisotopic (exact) mass is 253 g/mol. The number of hydrogen-bond donors (Lipinski definition) is 2. The molecule has 0 amide bonds. The molecule has 4 heteroatoms. The third-order valence-corrected chi connectivity index (χ3v) is 3.08. The van der Waals surface area contributed by atoms with Crippen LogP contribution < -0.4 is 5.32 Å².